The van der Waals surface area contributed by atoms with Gasteiger partial charge < -0.3 is 19.7 Å². The summed E-state index contributed by atoms with van der Waals surface area (Å²) in [5.74, 6) is 0.0819. The van der Waals surface area contributed by atoms with E-state index < -0.39 is 28.5 Å². The quantitative estimate of drug-likeness (QED) is 0.443. The first kappa shape index (κ1) is 29.3. The number of hydrogen-bond acceptors (Lipinski definition) is 6. The summed E-state index contributed by atoms with van der Waals surface area (Å²) in [4.78, 5) is 27.9. The van der Waals surface area contributed by atoms with E-state index in [1.54, 1.807) is 31.2 Å². The molecule has 0 bridgehead atoms. The predicted molar refractivity (Wildman–Crippen MR) is 141 cm³/mol. The smallest absolute Gasteiger partial charge is 0.244 e. The Morgan fingerprint density at radius 3 is 2.33 bits per heavy atom. The lowest BCUT2D eigenvalue weighted by molar-refractivity contribution is -0.139. The Balaban J connectivity index is 2.43. The van der Waals surface area contributed by atoms with Crippen LogP contribution in [0, 0.1) is 0 Å². The zero-order valence-electron chi connectivity index (χ0n) is 21.4. The van der Waals surface area contributed by atoms with Crippen molar-refractivity contribution in [3.63, 3.8) is 0 Å². The SMILES string of the molecule is CC[C@@H](C)NC(=O)[C@@H](C)N(Cc1cccc(OC)c1)C(=O)CN(c1ccc(OC)c(Cl)c1)S(C)(=O)=O. The molecule has 36 heavy (non-hydrogen) atoms. The van der Waals surface area contributed by atoms with Crippen molar-refractivity contribution in [2.45, 2.75) is 45.8 Å². The molecule has 0 spiro atoms. The summed E-state index contributed by atoms with van der Waals surface area (Å²) in [6.45, 7) is 4.99. The van der Waals surface area contributed by atoms with Crippen LogP contribution in [0.4, 0.5) is 5.69 Å². The van der Waals surface area contributed by atoms with Gasteiger partial charge in [-0.15, -0.1) is 0 Å². The largest absolute Gasteiger partial charge is 0.497 e. The van der Waals surface area contributed by atoms with Gasteiger partial charge in [-0.3, -0.25) is 13.9 Å². The second-order valence-electron chi connectivity index (χ2n) is 8.46. The van der Waals surface area contributed by atoms with E-state index in [1.165, 1.54) is 37.3 Å². The maximum atomic E-state index is 13.6. The number of carbonyl (C=O) groups excluding carboxylic acids is 2. The average Bonchev–Trinajstić information content (AvgIpc) is 2.84. The zero-order chi connectivity index (χ0) is 27.0. The molecule has 0 aliphatic heterocycles. The van der Waals surface area contributed by atoms with Gasteiger partial charge in [0.2, 0.25) is 21.8 Å². The van der Waals surface area contributed by atoms with Crippen LogP contribution < -0.4 is 19.1 Å². The summed E-state index contributed by atoms with van der Waals surface area (Å²) < 4.78 is 36.7. The Kier molecular flexibility index (Phi) is 10.4. The number of hydrogen-bond donors (Lipinski definition) is 1. The van der Waals surface area contributed by atoms with Crippen molar-refractivity contribution in [2.24, 2.45) is 0 Å². The first-order valence-electron chi connectivity index (χ1n) is 11.4. The molecule has 198 valence electrons. The second-order valence-corrected chi connectivity index (χ2v) is 10.8. The minimum atomic E-state index is -3.87. The number of rotatable bonds is 12. The lowest BCUT2D eigenvalue weighted by Gasteiger charge is -2.32. The van der Waals surface area contributed by atoms with E-state index >= 15 is 0 Å². The normalized spacial score (nSPS) is 12.9. The van der Waals surface area contributed by atoms with E-state index in [9.17, 15) is 18.0 Å². The van der Waals surface area contributed by atoms with Crippen molar-refractivity contribution in [1.82, 2.24) is 10.2 Å². The number of benzene rings is 2. The molecule has 11 heteroatoms. The highest BCUT2D eigenvalue weighted by atomic mass is 35.5. The molecule has 0 heterocycles. The van der Waals surface area contributed by atoms with E-state index in [0.717, 1.165) is 22.5 Å². The Morgan fingerprint density at radius 1 is 1.08 bits per heavy atom. The summed E-state index contributed by atoms with van der Waals surface area (Å²) in [6, 6.07) is 10.6. The molecule has 2 amide bonds. The molecule has 2 aromatic carbocycles. The molecule has 0 unspecified atom stereocenters. The summed E-state index contributed by atoms with van der Waals surface area (Å²) in [7, 11) is -0.888. The van der Waals surface area contributed by atoms with Crippen molar-refractivity contribution < 1.29 is 27.5 Å². The van der Waals surface area contributed by atoms with Crippen molar-refractivity contribution in [2.75, 3.05) is 31.3 Å². The van der Waals surface area contributed by atoms with Crippen LogP contribution >= 0.6 is 11.6 Å². The third-order valence-corrected chi connectivity index (χ3v) is 7.19. The molecule has 0 aliphatic carbocycles. The summed E-state index contributed by atoms with van der Waals surface area (Å²) in [5, 5.41) is 3.09. The minimum absolute atomic E-state index is 0.0755. The van der Waals surface area contributed by atoms with Gasteiger partial charge in [0, 0.05) is 12.6 Å². The number of anilines is 1. The summed E-state index contributed by atoms with van der Waals surface area (Å²) in [5.41, 5.74) is 0.930. The zero-order valence-corrected chi connectivity index (χ0v) is 23.0. The minimum Gasteiger partial charge on any atom is -0.497 e. The first-order valence-corrected chi connectivity index (χ1v) is 13.7. The number of nitrogens with zero attached hydrogens (tertiary/aromatic N) is 2. The molecule has 1 N–H and O–H groups in total. The first-order chi connectivity index (χ1) is 16.9. The van der Waals surface area contributed by atoms with Crippen molar-refractivity contribution in [3.05, 3.63) is 53.1 Å². The van der Waals surface area contributed by atoms with Gasteiger partial charge in [-0.05, 0) is 56.2 Å². The number of methoxy groups -OCH3 is 2. The second kappa shape index (κ2) is 12.8. The number of halogens is 1. The van der Waals surface area contributed by atoms with Gasteiger partial charge in [-0.1, -0.05) is 30.7 Å². The van der Waals surface area contributed by atoms with E-state index in [4.69, 9.17) is 21.1 Å². The Bertz CT molecular complexity index is 1170. The van der Waals surface area contributed by atoms with Gasteiger partial charge in [0.15, 0.2) is 0 Å². The molecule has 2 rings (SSSR count). The molecule has 0 aliphatic rings. The molecule has 0 fully saturated rings. The van der Waals surface area contributed by atoms with Crippen LogP contribution in [0.3, 0.4) is 0 Å². The van der Waals surface area contributed by atoms with Gasteiger partial charge in [0.05, 0.1) is 31.2 Å². The highest BCUT2D eigenvalue weighted by Gasteiger charge is 2.30. The highest BCUT2D eigenvalue weighted by molar-refractivity contribution is 7.92. The molecular weight excluding hydrogens is 506 g/mol. The molecule has 0 radical (unpaired) electrons. The standard InChI is InChI=1S/C25H34ClN3O6S/c1-7-17(2)27-25(31)18(3)28(15-19-9-8-10-21(13-19)34-4)24(30)16-29(36(6,32)33)20-11-12-23(35-5)22(26)14-20/h8-14,17-18H,7,15-16H2,1-6H3,(H,27,31)/t17-,18-/m1/s1. The van der Waals surface area contributed by atoms with Crippen LogP contribution in [0.2, 0.25) is 5.02 Å². The molecular formula is C25H34ClN3O6S. The monoisotopic (exact) mass is 539 g/mol. The fourth-order valence-corrected chi connectivity index (χ4v) is 4.53. The average molecular weight is 540 g/mol. The Labute approximate surface area is 218 Å². The van der Waals surface area contributed by atoms with Crippen LogP contribution in [0.1, 0.15) is 32.8 Å². The molecule has 2 atom stereocenters. The van der Waals surface area contributed by atoms with E-state index in [2.05, 4.69) is 5.32 Å². The van der Waals surface area contributed by atoms with Crippen LogP contribution in [0.5, 0.6) is 11.5 Å². The summed E-state index contributed by atoms with van der Waals surface area (Å²) >= 11 is 6.21. The van der Waals surface area contributed by atoms with Crippen LogP contribution in [0.25, 0.3) is 0 Å². The van der Waals surface area contributed by atoms with Gasteiger partial charge in [-0.25, -0.2) is 8.42 Å². The number of nitrogens with one attached hydrogen (secondary N) is 1. The Hall–Kier alpha value is -2.98. The number of amides is 2. The van der Waals surface area contributed by atoms with E-state index in [0.29, 0.717) is 11.5 Å². The lowest BCUT2D eigenvalue weighted by Crippen LogP contribution is -2.52. The number of carbonyl (C=O) groups is 2. The molecule has 9 nitrogen and oxygen atoms in total. The summed E-state index contributed by atoms with van der Waals surface area (Å²) in [6.07, 6.45) is 1.73. The predicted octanol–water partition coefficient (Wildman–Crippen LogP) is 3.46. The van der Waals surface area contributed by atoms with E-state index in [1.807, 2.05) is 13.8 Å². The lowest BCUT2D eigenvalue weighted by atomic mass is 10.1. The van der Waals surface area contributed by atoms with E-state index in [-0.39, 0.29) is 29.2 Å². The Morgan fingerprint density at radius 2 is 1.78 bits per heavy atom. The molecule has 0 saturated heterocycles. The van der Waals surface area contributed by atoms with Gasteiger partial charge in [-0.2, -0.15) is 0 Å². The van der Waals surface area contributed by atoms with Gasteiger partial charge in [0.1, 0.15) is 24.1 Å². The van der Waals surface area contributed by atoms with Crippen molar-refractivity contribution in [3.8, 4) is 11.5 Å². The molecule has 0 aromatic heterocycles. The van der Waals surface area contributed by atoms with Crippen LogP contribution in [-0.2, 0) is 26.2 Å². The fraction of sp³-hybridized carbons (Fsp3) is 0.440. The topological polar surface area (TPSA) is 105 Å². The van der Waals surface area contributed by atoms with Crippen molar-refractivity contribution in [1.29, 1.82) is 0 Å². The molecule has 0 saturated carbocycles. The third-order valence-electron chi connectivity index (χ3n) is 5.76. The maximum Gasteiger partial charge on any atom is 0.244 e. The fourth-order valence-electron chi connectivity index (χ4n) is 3.44. The molecule has 2 aromatic rings. The van der Waals surface area contributed by atoms with Crippen molar-refractivity contribution >= 4 is 39.1 Å². The van der Waals surface area contributed by atoms with Crippen LogP contribution in [-0.4, -0.2) is 64.2 Å². The number of ether oxygens (including phenoxy) is 2. The highest BCUT2D eigenvalue weighted by Crippen LogP contribution is 2.30. The maximum absolute atomic E-state index is 13.6. The number of sulfonamides is 1. The van der Waals surface area contributed by atoms with Gasteiger partial charge >= 0.3 is 0 Å². The van der Waals surface area contributed by atoms with Crippen LogP contribution in [0.15, 0.2) is 42.5 Å². The third kappa shape index (κ3) is 7.76. The van der Waals surface area contributed by atoms with Gasteiger partial charge in [0.25, 0.3) is 0 Å².